The lowest BCUT2D eigenvalue weighted by atomic mass is 10.0. The van der Waals surface area contributed by atoms with Gasteiger partial charge in [-0.3, -0.25) is 13.9 Å². The minimum Gasteiger partial charge on any atom is -0.391 e. The van der Waals surface area contributed by atoms with Crippen LogP contribution in [0.1, 0.15) is 54.4 Å². The zero-order valence-corrected chi connectivity index (χ0v) is 19.0. The molecule has 0 spiro atoms. The molecule has 2 aliphatic heterocycles. The summed E-state index contributed by atoms with van der Waals surface area (Å²) in [7, 11) is -4.17. The van der Waals surface area contributed by atoms with Gasteiger partial charge in [-0.25, -0.2) is 4.57 Å². The maximum Gasteiger partial charge on any atom is 0.472 e. The maximum absolute atomic E-state index is 12.4. The van der Waals surface area contributed by atoms with Crippen molar-refractivity contribution in [2.45, 2.75) is 96.9 Å². The lowest BCUT2D eigenvalue weighted by Gasteiger charge is -2.28. The van der Waals surface area contributed by atoms with Crippen molar-refractivity contribution in [3.63, 3.8) is 0 Å². The first-order chi connectivity index (χ1) is 13.0. The van der Waals surface area contributed by atoms with E-state index in [0.29, 0.717) is 32.0 Å². The second-order valence-electron chi connectivity index (χ2n) is 8.99. The topological polar surface area (TPSA) is 100 Å². The molecule has 0 amide bonds. The molecule has 28 heavy (non-hydrogen) atoms. The Bertz CT molecular complexity index is 533. The van der Waals surface area contributed by atoms with E-state index < -0.39 is 13.9 Å². The Balaban J connectivity index is 1.83. The minimum absolute atomic E-state index is 0.0243. The smallest absolute Gasteiger partial charge is 0.391 e. The van der Waals surface area contributed by atoms with Gasteiger partial charge in [0.25, 0.3) is 0 Å². The number of hydrogen-bond acceptors (Lipinski definition) is 7. The molecule has 3 N–H and O–H groups in total. The zero-order valence-electron chi connectivity index (χ0n) is 18.1. The summed E-state index contributed by atoms with van der Waals surface area (Å²) in [6, 6.07) is 0.273. The Morgan fingerprint density at radius 2 is 1.82 bits per heavy atom. The van der Waals surface area contributed by atoms with Crippen LogP contribution in [0, 0.1) is 5.92 Å². The molecule has 0 aromatic heterocycles. The highest BCUT2D eigenvalue weighted by Crippen LogP contribution is 2.47. The minimum atomic E-state index is -4.17. The molecule has 0 saturated carbocycles. The summed E-state index contributed by atoms with van der Waals surface area (Å²) in [4.78, 5) is 12.4. The van der Waals surface area contributed by atoms with Gasteiger partial charge in [-0.15, -0.1) is 0 Å². The third-order valence-electron chi connectivity index (χ3n) is 5.51. The van der Waals surface area contributed by atoms with E-state index in [4.69, 9.17) is 13.8 Å². The van der Waals surface area contributed by atoms with Crippen molar-refractivity contribution in [2.75, 3.05) is 19.8 Å². The Morgan fingerprint density at radius 1 is 1.14 bits per heavy atom. The van der Waals surface area contributed by atoms with Crippen LogP contribution in [0.15, 0.2) is 0 Å². The number of rotatable bonds is 10. The van der Waals surface area contributed by atoms with Crippen LogP contribution >= 0.6 is 7.82 Å². The average molecular weight is 423 g/mol. The van der Waals surface area contributed by atoms with E-state index in [-0.39, 0.29) is 42.9 Å². The lowest BCUT2D eigenvalue weighted by Crippen LogP contribution is -2.39. The van der Waals surface area contributed by atoms with Gasteiger partial charge < -0.3 is 20.1 Å². The van der Waals surface area contributed by atoms with Crippen LogP contribution < -0.4 is 5.32 Å². The molecule has 2 heterocycles. The van der Waals surface area contributed by atoms with Gasteiger partial charge in [-0.1, -0.05) is 13.8 Å². The summed E-state index contributed by atoms with van der Waals surface area (Å²) in [5.41, 5.74) is 0. The quantitative estimate of drug-likeness (QED) is 0.461. The molecule has 3 unspecified atom stereocenters. The van der Waals surface area contributed by atoms with Crippen molar-refractivity contribution in [1.29, 1.82) is 0 Å². The third kappa shape index (κ3) is 7.03. The van der Waals surface area contributed by atoms with Crippen LogP contribution in [0.3, 0.4) is 0 Å². The summed E-state index contributed by atoms with van der Waals surface area (Å²) >= 11 is 0. The van der Waals surface area contributed by atoms with Crippen molar-refractivity contribution in [3.05, 3.63) is 0 Å². The number of nitrogens with zero attached hydrogens (tertiary/aromatic N) is 1. The van der Waals surface area contributed by atoms with E-state index in [9.17, 15) is 14.6 Å². The highest BCUT2D eigenvalue weighted by Gasteiger charge is 2.40. The molecular formula is C19H39N2O6P. The molecule has 0 bridgehead atoms. The monoisotopic (exact) mass is 422 g/mol. The fourth-order valence-corrected chi connectivity index (χ4v) is 5.08. The molecule has 0 aromatic carbocycles. The Morgan fingerprint density at radius 3 is 2.36 bits per heavy atom. The van der Waals surface area contributed by atoms with Gasteiger partial charge in [-0.05, 0) is 46.5 Å². The molecule has 6 atom stereocenters. The number of phosphoric acid groups is 1. The van der Waals surface area contributed by atoms with Gasteiger partial charge >= 0.3 is 7.82 Å². The van der Waals surface area contributed by atoms with Gasteiger partial charge in [0.2, 0.25) is 0 Å². The van der Waals surface area contributed by atoms with Crippen molar-refractivity contribution >= 4 is 7.82 Å². The van der Waals surface area contributed by atoms with E-state index in [2.05, 4.69) is 24.1 Å². The predicted molar refractivity (Wildman–Crippen MR) is 108 cm³/mol. The molecule has 2 saturated heterocycles. The van der Waals surface area contributed by atoms with Crippen molar-refractivity contribution in [3.8, 4) is 0 Å². The van der Waals surface area contributed by atoms with Crippen LogP contribution in [-0.4, -0.2) is 77.1 Å². The number of phosphoric ester groups is 1. The molecule has 0 aliphatic carbocycles. The van der Waals surface area contributed by atoms with Crippen molar-refractivity contribution < 1.29 is 28.3 Å². The molecule has 8 nitrogen and oxygen atoms in total. The number of aliphatic hydroxyl groups is 1. The number of nitrogens with one attached hydrogen (secondary N) is 1. The number of hydrogen-bond donors (Lipinski definition) is 3. The fraction of sp³-hybridized carbons (Fsp3) is 1.00. The first-order valence-corrected chi connectivity index (χ1v) is 11.9. The van der Waals surface area contributed by atoms with Gasteiger partial charge in [-0.2, -0.15) is 0 Å². The lowest BCUT2D eigenvalue weighted by molar-refractivity contribution is 0.0299. The van der Waals surface area contributed by atoms with E-state index in [1.165, 1.54) is 0 Å². The van der Waals surface area contributed by atoms with Crippen LogP contribution in [-0.2, 0) is 18.3 Å². The molecule has 0 radical (unpaired) electrons. The summed E-state index contributed by atoms with van der Waals surface area (Å²) in [5, 5.41) is 13.4. The Hall–Kier alpha value is -0.0500. The SMILES string of the molecule is CC(C)OC[C@@H]1C[C@@H](OP(=O)(O)OCC2C[C@@H](O)C(C(C)C)N2)CN1C(C)C. The van der Waals surface area contributed by atoms with E-state index >= 15 is 0 Å². The Labute approximate surface area is 169 Å². The fourth-order valence-electron chi connectivity index (χ4n) is 4.12. The van der Waals surface area contributed by atoms with Crippen molar-refractivity contribution in [1.82, 2.24) is 10.2 Å². The normalized spacial score (nSPS) is 34.0. The van der Waals surface area contributed by atoms with E-state index in [1.54, 1.807) is 0 Å². The van der Waals surface area contributed by atoms with Crippen LogP contribution in [0.4, 0.5) is 0 Å². The maximum atomic E-state index is 12.4. The molecular weight excluding hydrogens is 383 g/mol. The molecule has 0 aromatic rings. The van der Waals surface area contributed by atoms with Gasteiger partial charge in [0, 0.05) is 30.7 Å². The van der Waals surface area contributed by atoms with Crippen molar-refractivity contribution in [2.24, 2.45) is 5.92 Å². The van der Waals surface area contributed by atoms with Crippen LogP contribution in [0.2, 0.25) is 0 Å². The highest BCUT2D eigenvalue weighted by atomic mass is 31.2. The molecule has 2 fully saturated rings. The molecule has 2 rings (SSSR count). The first kappa shape index (κ1) is 24.2. The second-order valence-corrected chi connectivity index (χ2v) is 10.4. The molecule has 2 aliphatic rings. The Kier molecular flexibility index (Phi) is 8.92. The van der Waals surface area contributed by atoms with E-state index in [0.717, 1.165) is 0 Å². The zero-order chi connectivity index (χ0) is 21.1. The highest BCUT2D eigenvalue weighted by molar-refractivity contribution is 7.47. The third-order valence-corrected chi connectivity index (χ3v) is 6.55. The van der Waals surface area contributed by atoms with E-state index in [1.807, 2.05) is 27.7 Å². The van der Waals surface area contributed by atoms with Crippen LogP contribution in [0.5, 0.6) is 0 Å². The van der Waals surface area contributed by atoms with Gasteiger partial charge in [0.05, 0.1) is 31.5 Å². The number of likely N-dealkylation sites (tertiary alicyclic amines) is 1. The largest absolute Gasteiger partial charge is 0.472 e. The average Bonchev–Trinajstić information content (AvgIpc) is 3.14. The summed E-state index contributed by atoms with van der Waals surface area (Å²) < 4.78 is 28.9. The van der Waals surface area contributed by atoms with Crippen LogP contribution in [0.25, 0.3) is 0 Å². The van der Waals surface area contributed by atoms with Gasteiger partial charge in [0.1, 0.15) is 0 Å². The molecule has 9 heteroatoms. The number of aliphatic hydroxyl groups excluding tert-OH is 1. The number of ether oxygens (including phenoxy) is 1. The second kappa shape index (κ2) is 10.3. The molecule has 166 valence electrons. The summed E-state index contributed by atoms with van der Waals surface area (Å²) in [5.74, 6) is 0.280. The summed E-state index contributed by atoms with van der Waals surface area (Å²) in [6.45, 7) is 13.4. The standard InChI is InChI=1S/C19H39N2O6P/c1-12(2)19-18(22)7-15(20-19)10-26-28(23,24)27-17-8-16(11-25-14(5)6)21(9-17)13(3)4/h12-20,22H,7-11H2,1-6H3,(H,23,24)/t15?,16-,17+,18+,19?/m0/s1. The predicted octanol–water partition coefficient (Wildman–Crippen LogP) is 2.14. The summed E-state index contributed by atoms with van der Waals surface area (Å²) in [6.07, 6.45) is 0.440. The van der Waals surface area contributed by atoms with Gasteiger partial charge in [0.15, 0.2) is 0 Å². The first-order valence-electron chi connectivity index (χ1n) is 10.5.